The van der Waals surface area contributed by atoms with Crippen molar-refractivity contribution in [2.24, 2.45) is 0 Å². The van der Waals surface area contributed by atoms with E-state index in [2.05, 4.69) is 15.5 Å². The van der Waals surface area contributed by atoms with Crippen molar-refractivity contribution < 1.29 is 19.0 Å². The van der Waals surface area contributed by atoms with Crippen molar-refractivity contribution in [3.05, 3.63) is 41.8 Å². The molecule has 0 saturated heterocycles. The zero-order valence-corrected chi connectivity index (χ0v) is 12.0. The fraction of sp³-hybridized carbons (Fsp3) is 0.333. The van der Waals surface area contributed by atoms with Gasteiger partial charge in [-0.15, -0.1) is 0 Å². The summed E-state index contributed by atoms with van der Waals surface area (Å²) >= 11 is 0. The largest absolute Gasteiger partial charge is 0.394 e. The molecular formula is C15H18FN3O3. The number of H-pyrrole nitrogens is 1. The van der Waals surface area contributed by atoms with Gasteiger partial charge in [-0.2, -0.15) is 5.10 Å². The molecule has 6 nitrogen and oxygen atoms in total. The first-order valence-electron chi connectivity index (χ1n) is 6.99. The number of hydrogen-bond acceptors (Lipinski definition) is 4. The summed E-state index contributed by atoms with van der Waals surface area (Å²) in [5.74, 6) is -0.743. The maximum Gasteiger partial charge on any atom is 0.255 e. The van der Waals surface area contributed by atoms with Crippen LogP contribution in [0.15, 0.2) is 30.5 Å². The highest BCUT2D eigenvalue weighted by atomic mass is 19.1. The van der Waals surface area contributed by atoms with Crippen LogP contribution in [0.2, 0.25) is 0 Å². The zero-order valence-electron chi connectivity index (χ0n) is 12.0. The van der Waals surface area contributed by atoms with Crippen molar-refractivity contribution in [2.45, 2.75) is 6.42 Å². The summed E-state index contributed by atoms with van der Waals surface area (Å²) in [6.45, 7) is 1.14. The molecule has 2 aromatic rings. The smallest absolute Gasteiger partial charge is 0.255 e. The van der Waals surface area contributed by atoms with E-state index in [-0.39, 0.29) is 19.1 Å². The third kappa shape index (κ3) is 4.12. The van der Waals surface area contributed by atoms with Gasteiger partial charge in [-0.05, 0) is 18.6 Å². The second-order valence-electron chi connectivity index (χ2n) is 4.58. The van der Waals surface area contributed by atoms with Gasteiger partial charge in [-0.25, -0.2) is 4.39 Å². The molecule has 2 rings (SSSR count). The molecule has 7 heteroatoms. The number of carbonyl (C=O) groups is 1. The van der Waals surface area contributed by atoms with E-state index >= 15 is 0 Å². The zero-order chi connectivity index (χ0) is 15.8. The number of ether oxygens (including phenoxy) is 1. The molecular weight excluding hydrogens is 289 g/mol. The van der Waals surface area contributed by atoms with Crippen LogP contribution in [0.4, 0.5) is 4.39 Å². The molecule has 0 unspecified atom stereocenters. The Morgan fingerprint density at radius 3 is 2.95 bits per heavy atom. The summed E-state index contributed by atoms with van der Waals surface area (Å²) < 4.78 is 18.9. The van der Waals surface area contributed by atoms with Gasteiger partial charge in [0.05, 0.1) is 30.7 Å². The predicted molar refractivity (Wildman–Crippen MR) is 78.8 cm³/mol. The minimum Gasteiger partial charge on any atom is -0.394 e. The van der Waals surface area contributed by atoms with Gasteiger partial charge in [0.1, 0.15) is 5.82 Å². The Labute approximate surface area is 127 Å². The van der Waals surface area contributed by atoms with Crippen LogP contribution in [0.1, 0.15) is 16.8 Å². The average Bonchev–Trinajstić information content (AvgIpc) is 3.00. The molecule has 0 aliphatic carbocycles. The lowest BCUT2D eigenvalue weighted by molar-refractivity contribution is 0.0868. The number of nitrogens with zero attached hydrogens (tertiary/aromatic N) is 1. The van der Waals surface area contributed by atoms with Crippen molar-refractivity contribution in [2.75, 3.05) is 26.4 Å². The molecule has 1 heterocycles. The molecule has 0 aliphatic heterocycles. The fourth-order valence-corrected chi connectivity index (χ4v) is 1.97. The molecule has 22 heavy (non-hydrogen) atoms. The lowest BCUT2D eigenvalue weighted by Crippen LogP contribution is -2.25. The minimum atomic E-state index is -0.418. The number of amides is 1. The molecule has 0 saturated carbocycles. The van der Waals surface area contributed by atoms with Gasteiger partial charge in [0.2, 0.25) is 0 Å². The first kappa shape index (κ1) is 16.1. The van der Waals surface area contributed by atoms with Crippen molar-refractivity contribution in [1.29, 1.82) is 0 Å². The van der Waals surface area contributed by atoms with E-state index in [4.69, 9.17) is 9.84 Å². The van der Waals surface area contributed by atoms with Crippen molar-refractivity contribution in [3.63, 3.8) is 0 Å². The van der Waals surface area contributed by atoms with Crippen LogP contribution in [-0.4, -0.2) is 47.6 Å². The summed E-state index contributed by atoms with van der Waals surface area (Å²) in [4.78, 5) is 12.1. The van der Waals surface area contributed by atoms with Gasteiger partial charge in [0, 0.05) is 18.7 Å². The summed E-state index contributed by atoms with van der Waals surface area (Å²) in [5.41, 5.74) is 0.949. The minimum absolute atomic E-state index is 0.0205. The first-order valence-corrected chi connectivity index (χ1v) is 6.99. The maximum atomic E-state index is 13.8. The highest BCUT2D eigenvalue weighted by Gasteiger charge is 2.17. The van der Waals surface area contributed by atoms with Gasteiger partial charge < -0.3 is 15.2 Å². The summed E-state index contributed by atoms with van der Waals surface area (Å²) in [6, 6.07) is 6.19. The van der Waals surface area contributed by atoms with Gasteiger partial charge in [-0.3, -0.25) is 9.89 Å². The van der Waals surface area contributed by atoms with Crippen molar-refractivity contribution in [1.82, 2.24) is 15.5 Å². The summed E-state index contributed by atoms with van der Waals surface area (Å²) in [5, 5.41) is 17.8. The number of aromatic nitrogens is 2. The number of aromatic amines is 1. The Hall–Kier alpha value is -2.25. The van der Waals surface area contributed by atoms with Crippen LogP contribution in [0.25, 0.3) is 11.3 Å². The van der Waals surface area contributed by atoms with E-state index in [1.165, 1.54) is 12.3 Å². The van der Waals surface area contributed by atoms with Crippen LogP contribution < -0.4 is 5.32 Å². The van der Waals surface area contributed by atoms with E-state index < -0.39 is 5.82 Å². The Morgan fingerprint density at radius 2 is 2.18 bits per heavy atom. The van der Waals surface area contributed by atoms with Crippen molar-refractivity contribution >= 4 is 5.91 Å². The number of rotatable bonds is 8. The number of hydrogen-bond donors (Lipinski definition) is 3. The highest BCUT2D eigenvalue weighted by molar-refractivity contribution is 5.99. The number of benzene rings is 1. The number of aliphatic hydroxyl groups excluding tert-OH is 1. The van der Waals surface area contributed by atoms with Crippen LogP contribution in [0.5, 0.6) is 0 Å². The molecule has 118 valence electrons. The van der Waals surface area contributed by atoms with Crippen LogP contribution in [0, 0.1) is 5.82 Å². The van der Waals surface area contributed by atoms with Gasteiger partial charge in [0.15, 0.2) is 0 Å². The molecule has 1 aromatic heterocycles. The summed E-state index contributed by atoms with van der Waals surface area (Å²) in [7, 11) is 0. The van der Waals surface area contributed by atoms with E-state index in [9.17, 15) is 9.18 Å². The third-order valence-electron chi connectivity index (χ3n) is 3.01. The lowest BCUT2D eigenvalue weighted by Gasteiger charge is -2.07. The second-order valence-corrected chi connectivity index (χ2v) is 4.58. The van der Waals surface area contributed by atoms with Crippen LogP contribution >= 0.6 is 0 Å². The maximum absolute atomic E-state index is 13.8. The quantitative estimate of drug-likeness (QED) is 0.642. The molecule has 1 aromatic carbocycles. The number of aliphatic hydroxyl groups is 1. The Kier molecular flexibility index (Phi) is 6.05. The second kappa shape index (κ2) is 8.26. The fourth-order valence-electron chi connectivity index (χ4n) is 1.97. The normalized spacial score (nSPS) is 10.6. The molecule has 0 bridgehead atoms. The van der Waals surface area contributed by atoms with Crippen LogP contribution in [-0.2, 0) is 4.74 Å². The highest BCUT2D eigenvalue weighted by Crippen LogP contribution is 2.23. The predicted octanol–water partition coefficient (Wildman–Crippen LogP) is 1.34. The molecule has 1 amide bonds. The molecule has 0 radical (unpaired) electrons. The van der Waals surface area contributed by atoms with E-state index in [0.29, 0.717) is 36.4 Å². The number of halogens is 1. The third-order valence-corrected chi connectivity index (χ3v) is 3.01. The monoisotopic (exact) mass is 307 g/mol. The van der Waals surface area contributed by atoms with Gasteiger partial charge >= 0.3 is 0 Å². The molecule has 0 aliphatic rings. The molecule has 0 atom stereocenters. The van der Waals surface area contributed by atoms with Crippen molar-refractivity contribution in [3.8, 4) is 11.3 Å². The lowest BCUT2D eigenvalue weighted by atomic mass is 10.1. The molecule has 3 N–H and O–H groups in total. The molecule has 0 spiro atoms. The van der Waals surface area contributed by atoms with Gasteiger partial charge in [-0.1, -0.05) is 12.1 Å². The average molecular weight is 307 g/mol. The molecule has 0 fully saturated rings. The van der Waals surface area contributed by atoms with Crippen LogP contribution in [0.3, 0.4) is 0 Å². The SMILES string of the molecule is O=C(NCCCOCCO)c1cn[nH]c1-c1ccccc1F. The van der Waals surface area contributed by atoms with E-state index in [1.54, 1.807) is 18.2 Å². The topological polar surface area (TPSA) is 87.2 Å². The number of carbonyl (C=O) groups excluding carboxylic acids is 1. The number of nitrogens with one attached hydrogen (secondary N) is 2. The van der Waals surface area contributed by atoms with E-state index in [1.807, 2.05) is 0 Å². The Balaban J connectivity index is 1.95. The Bertz CT molecular complexity index is 616. The van der Waals surface area contributed by atoms with E-state index in [0.717, 1.165) is 0 Å². The standard InChI is InChI=1S/C15H18FN3O3/c16-13-5-2-1-4-11(13)14-12(10-18-19-14)15(21)17-6-3-8-22-9-7-20/h1-2,4-5,10,20H,3,6-9H2,(H,17,21)(H,18,19). The Morgan fingerprint density at radius 1 is 1.36 bits per heavy atom. The summed E-state index contributed by atoms with van der Waals surface area (Å²) in [6.07, 6.45) is 2.00. The first-order chi connectivity index (χ1) is 10.7. The van der Waals surface area contributed by atoms with Gasteiger partial charge in [0.25, 0.3) is 5.91 Å².